The first-order chi connectivity index (χ1) is 13.8. The van der Waals surface area contributed by atoms with Gasteiger partial charge in [-0.05, 0) is 50.6 Å². The molecule has 0 aliphatic rings. The number of carbonyl (C=O) groups is 2. The van der Waals surface area contributed by atoms with E-state index in [0.29, 0.717) is 32.0 Å². The fourth-order valence-corrected chi connectivity index (χ4v) is 3.84. The van der Waals surface area contributed by atoms with E-state index in [2.05, 4.69) is 9.97 Å². The van der Waals surface area contributed by atoms with Gasteiger partial charge in [0.05, 0.1) is 24.7 Å². The molecule has 0 radical (unpaired) electrons. The zero-order valence-corrected chi connectivity index (χ0v) is 17.2. The molecule has 1 N–H and O–H groups in total. The maximum absolute atomic E-state index is 12.5. The fraction of sp³-hybridized carbons (Fsp3) is 0.300. The van der Waals surface area contributed by atoms with Gasteiger partial charge in [0.15, 0.2) is 11.9 Å². The van der Waals surface area contributed by atoms with Gasteiger partial charge in [-0.3, -0.25) is 4.79 Å². The fourth-order valence-electron chi connectivity index (χ4n) is 2.76. The number of rotatable bonds is 6. The zero-order valence-electron chi connectivity index (χ0n) is 16.4. The number of aromatic nitrogens is 2. The average Bonchev–Trinajstić information content (AvgIpc) is 3.05. The third kappa shape index (κ3) is 4.14. The van der Waals surface area contributed by atoms with Gasteiger partial charge in [-0.1, -0.05) is 0 Å². The van der Waals surface area contributed by atoms with E-state index in [0.717, 1.165) is 11.3 Å². The van der Waals surface area contributed by atoms with Crippen LogP contribution in [0.5, 0.6) is 5.75 Å². The predicted octanol–water partition coefficient (Wildman–Crippen LogP) is 3.40. The maximum Gasteiger partial charge on any atom is 0.348 e. The van der Waals surface area contributed by atoms with Crippen LogP contribution in [0.25, 0.3) is 10.2 Å². The molecule has 2 heterocycles. The molecule has 0 fully saturated rings. The standard InChI is InChI=1S/C20H20N2O6S/c1-5-27-20(25)15-10(2)14-17(23)21-16(22-18(14)29-15)11(3)28-19(24)12-6-8-13(26-4)9-7-12/h6-9,11H,5H2,1-4H3,(H,21,22,23)/t11-/m0/s1. The van der Waals surface area contributed by atoms with Gasteiger partial charge in [0.1, 0.15) is 15.5 Å². The van der Waals surface area contributed by atoms with E-state index in [1.807, 2.05) is 0 Å². The molecule has 3 aromatic rings. The predicted molar refractivity (Wildman–Crippen MR) is 108 cm³/mol. The average molecular weight is 416 g/mol. The van der Waals surface area contributed by atoms with E-state index in [-0.39, 0.29) is 12.4 Å². The van der Waals surface area contributed by atoms with E-state index in [9.17, 15) is 14.4 Å². The number of hydrogen-bond acceptors (Lipinski definition) is 8. The number of benzene rings is 1. The molecule has 3 rings (SSSR count). The Morgan fingerprint density at radius 3 is 2.52 bits per heavy atom. The highest BCUT2D eigenvalue weighted by atomic mass is 32.1. The quantitative estimate of drug-likeness (QED) is 0.614. The van der Waals surface area contributed by atoms with Crippen molar-refractivity contribution >= 4 is 33.5 Å². The van der Waals surface area contributed by atoms with Crippen molar-refractivity contribution < 1.29 is 23.8 Å². The summed E-state index contributed by atoms with van der Waals surface area (Å²) in [6.45, 7) is 5.23. The maximum atomic E-state index is 12.5. The molecule has 9 heteroatoms. The summed E-state index contributed by atoms with van der Waals surface area (Å²) in [4.78, 5) is 44.7. The van der Waals surface area contributed by atoms with Crippen molar-refractivity contribution in [1.82, 2.24) is 9.97 Å². The minimum absolute atomic E-state index is 0.195. The summed E-state index contributed by atoms with van der Waals surface area (Å²) in [7, 11) is 1.53. The summed E-state index contributed by atoms with van der Waals surface area (Å²) in [5.74, 6) is -0.233. The normalized spacial score (nSPS) is 11.9. The van der Waals surface area contributed by atoms with Gasteiger partial charge >= 0.3 is 11.9 Å². The highest BCUT2D eigenvalue weighted by molar-refractivity contribution is 7.20. The van der Waals surface area contributed by atoms with Gasteiger partial charge in [-0.2, -0.15) is 0 Å². The largest absolute Gasteiger partial charge is 0.497 e. The SMILES string of the molecule is CCOC(=O)c1sc2nc([C@H](C)OC(=O)c3ccc(OC)cc3)[nH]c(=O)c2c1C. The lowest BCUT2D eigenvalue weighted by Gasteiger charge is -2.12. The molecule has 152 valence electrons. The summed E-state index contributed by atoms with van der Waals surface area (Å²) >= 11 is 1.08. The molecule has 0 unspecified atom stereocenters. The monoisotopic (exact) mass is 416 g/mol. The lowest BCUT2D eigenvalue weighted by Crippen LogP contribution is -2.17. The number of hydrogen-bond donors (Lipinski definition) is 1. The molecular formula is C20H20N2O6S. The minimum atomic E-state index is -0.796. The van der Waals surface area contributed by atoms with E-state index < -0.39 is 23.6 Å². The molecule has 0 saturated carbocycles. The molecule has 0 aliphatic heterocycles. The summed E-state index contributed by atoms with van der Waals surface area (Å²) in [6.07, 6.45) is -0.796. The van der Waals surface area contributed by atoms with Crippen molar-refractivity contribution in [3.8, 4) is 5.75 Å². The number of thiophene rings is 1. The molecule has 2 aromatic heterocycles. The van der Waals surface area contributed by atoms with Crippen molar-refractivity contribution in [2.24, 2.45) is 0 Å². The van der Waals surface area contributed by atoms with Crippen molar-refractivity contribution in [3.63, 3.8) is 0 Å². The van der Waals surface area contributed by atoms with Gasteiger partial charge < -0.3 is 19.2 Å². The highest BCUT2D eigenvalue weighted by Gasteiger charge is 2.22. The van der Waals surface area contributed by atoms with Gasteiger partial charge in [0, 0.05) is 0 Å². The van der Waals surface area contributed by atoms with Crippen LogP contribution in [0.2, 0.25) is 0 Å². The second-order valence-corrected chi connectivity index (χ2v) is 7.18. The van der Waals surface area contributed by atoms with Crippen LogP contribution in [-0.2, 0) is 9.47 Å². The Morgan fingerprint density at radius 2 is 1.90 bits per heavy atom. The third-order valence-corrected chi connectivity index (χ3v) is 5.44. The van der Waals surface area contributed by atoms with Crippen molar-refractivity contribution in [1.29, 1.82) is 0 Å². The Morgan fingerprint density at radius 1 is 1.21 bits per heavy atom. The molecular weight excluding hydrogens is 396 g/mol. The van der Waals surface area contributed by atoms with E-state index >= 15 is 0 Å². The van der Waals surface area contributed by atoms with Crippen LogP contribution >= 0.6 is 11.3 Å². The summed E-state index contributed by atoms with van der Waals surface area (Å²) < 4.78 is 15.5. The lowest BCUT2D eigenvalue weighted by atomic mass is 10.2. The topological polar surface area (TPSA) is 108 Å². The number of fused-ring (bicyclic) bond motifs is 1. The van der Waals surface area contributed by atoms with Crippen LogP contribution < -0.4 is 10.3 Å². The number of aromatic amines is 1. The molecule has 0 aliphatic carbocycles. The molecule has 1 aromatic carbocycles. The van der Waals surface area contributed by atoms with Crippen LogP contribution in [0.1, 0.15) is 51.4 Å². The van der Waals surface area contributed by atoms with Crippen LogP contribution in [-0.4, -0.2) is 35.6 Å². The van der Waals surface area contributed by atoms with Crippen LogP contribution in [0.3, 0.4) is 0 Å². The van der Waals surface area contributed by atoms with Crippen LogP contribution in [0.4, 0.5) is 0 Å². The molecule has 0 spiro atoms. The second-order valence-electron chi connectivity index (χ2n) is 6.18. The smallest absolute Gasteiger partial charge is 0.348 e. The Bertz CT molecular complexity index is 1120. The number of esters is 2. The first kappa shape index (κ1) is 20.5. The Balaban J connectivity index is 1.87. The van der Waals surface area contributed by atoms with Gasteiger partial charge in [0.2, 0.25) is 0 Å². The molecule has 0 amide bonds. The number of ether oxygens (including phenoxy) is 3. The summed E-state index contributed by atoms with van der Waals surface area (Å²) in [6, 6.07) is 6.47. The Labute approximate surface area is 170 Å². The van der Waals surface area contributed by atoms with Gasteiger partial charge in [-0.15, -0.1) is 11.3 Å². The summed E-state index contributed by atoms with van der Waals surface area (Å²) in [5.41, 5.74) is 0.464. The van der Waals surface area contributed by atoms with E-state index in [1.165, 1.54) is 7.11 Å². The number of nitrogens with zero attached hydrogens (tertiary/aromatic N) is 1. The number of methoxy groups -OCH3 is 1. The van der Waals surface area contributed by atoms with Gasteiger partial charge in [0.25, 0.3) is 5.56 Å². The lowest BCUT2D eigenvalue weighted by molar-refractivity contribution is 0.0319. The minimum Gasteiger partial charge on any atom is -0.497 e. The Kier molecular flexibility index (Phi) is 5.97. The molecule has 0 saturated heterocycles. The van der Waals surface area contributed by atoms with E-state index in [4.69, 9.17) is 14.2 Å². The molecule has 8 nitrogen and oxygen atoms in total. The molecule has 29 heavy (non-hydrogen) atoms. The van der Waals surface area contributed by atoms with Crippen LogP contribution in [0.15, 0.2) is 29.1 Å². The zero-order chi connectivity index (χ0) is 21.1. The second kappa shape index (κ2) is 8.44. The van der Waals surface area contributed by atoms with Crippen molar-refractivity contribution in [3.05, 3.63) is 56.4 Å². The first-order valence-electron chi connectivity index (χ1n) is 8.91. The van der Waals surface area contributed by atoms with Crippen molar-refractivity contribution in [2.45, 2.75) is 26.9 Å². The molecule has 0 bridgehead atoms. The van der Waals surface area contributed by atoms with Crippen LogP contribution in [0, 0.1) is 6.92 Å². The number of aryl methyl sites for hydroxylation is 1. The first-order valence-corrected chi connectivity index (χ1v) is 9.72. The molecule has 1 atom stereocenters. The van der Waals surface area contributed by atoms with Crippen molar-refractivity contribution in [2.75, 3.05) is 13.7 Å². The summed E-state index contributed by atoms with van der Waals surface area (Å²) in [5, 5.41) is 0.329. The number of carbonyl (C=O) groups excluding carboxylic acids is 2. The third-order valence-electron chi connectivity index (χ3n) is 4.27. The number of H-pyrrole nitrogens is 1. The van der Waals surface area contributed by atoms with Gasteiger partial charge in [-0.25, -0.2) is 14.6 Å². The highest BCUT2D eigenvalue weighted by Crippen LogP contribution is 2.28. The number of nitrogens with one attached hydrogen (secondary N) is 1. The Hall–Kier alpha value is -3.20. The van der Waals surface area contributed by atoms with E-state index in [1.54, 1.807) is 45.0 Å².